The molecule has 2 aromatic rings. The molecule has 0 aliphatic carbocycles. The van der Waals surface area contributed by atoms with Crippen LogP contribution in [0.25, 0.3) is 6.08 Å². The number of imide groups is 1. The molecule has 1 aliphatic rings. The van der Waals surface area contributed by atoms with Crippen LogP contribution in [-0.2, 0) is 16.0 Å². The highest BCUT2D eigenvalue weighted by molar-refractivity contribution is 9.10. The van der Waals surface area contributed by atoms with Gasteiger partial charge in [0.25, 0.3) is 11.1 Å². The quantitative estimate of drug-likeness (QED) is 0.562. The van der Waals surface area contributed by atoms with Crippen molar-refractivity contribution in [1.82, 2.24) is 10.2 Å². The third-order valence-corrected chi connectivity index (χ3v) is 6.01. The second kappa shape index (κ2) is 10.4. The Bertz CT molecular complexity index is 978. The fraction of sp³-hybridized carbons (Fsp3) is 0.227. The zero-order chi connectivity index (χ0) is 21.5. The van der Waals surface area contributed by atoms with Crippen LogP contribution in [0, 0.1) is 0 Å². The first-order valence-electron chi connectivity index (χ1n) is 9.37. The fourth-order valence-electron chi connectivity index (χ4n) is 2.91. The van der Waals surface area contributed by atoms with Gasteiger partial charge >= 0.3 is 0 Å². The number of thioether (sulfide) groups is 1. The molecule has 0 spiro atoms. The lowest BCUT2D eigenvalue weighted by Crippen LogP contribution is -2.37. The fourth-order valence-corrected chi connectivity index (χ4v) is 4.37. The number of nitrogens with zero attached hydrogens (tertiary/aromatic N) is 1. The van der Waals surface area contributed by atoms with E-state index in [1.165, 1.54) is 4.90 Å². The molecule has 0 atom stereocenters. The van der Waals surface area contributed by atoms with Crippen LogP contribution in [0.1, 0.15) is 17.5 Å². The van der Waals surface area contributed by atoms with Gasteiger partial charge in [0.15, 0.2) is 0 Å². The molecule has 1 N–H and O–H groups in total. The van der Waals surface area contributed by atoms with E-state index in [1.54, 1.807) is 13.2 Å². The van der Waals surface area contributed by atoms with Crippen molar-refractivity contribution in [3.05, 3.63) is 69.0 Å². The molecule has 0 unspecified atom stereocenters. The molecule has 0 radical (unpaired) electrons. The summed E-state index contributed by atoms with van der Waals surface area (Å²) in [6, 6.07) is 15.1. The summed E-state index contributed by atoms with van der Waals surface area (Å²) in [5.74, 6) is 0.279. The molecule has 1 fully saturated rings. The van der Waals surface area contributed by atoms with Crippen molar-refractivity contribution in [1.29, 1.82) is 0 Å². The van der Waals surface area contributed by atoms with Gasteiger partial charge in [-0.2, -0.15) is 0 Å². The van der Waals surface area contributed by atoms with Crippen LogP contribution in [0.4, 0.5) is 4.79 Å². The van der Waals surface area contributed by atoms with Crippen molar-refractivity contribution in [3.63, 3.8) is 0 Å². The van der Waals surface area contributed by atoms with Crippen molar-refractivity contribution < 1.29 is 19.1 Å². The Balaban J connectivity index is 1.46. The van der Waals surface area contributed by atoms with E-state index in [4.69, 9.17) is 4.74 Å². The Morgan fingerprint density at radius 3 is 2.67 bits per heavy atom. The summed E-state index contributed by atoms with van der Waals surface area (Å²) >= 11 is 4.35. The number of benzene rings is 2. The van der Waals surface area contributed by atoms with E-state index in [0.29, 0.717) is 17.7 Å². The second-order valence-electron chi connectivity index (χ2n) is 6.56. The molecular formula is C22H21BrN2O4S. The highest BCUT2D eigenvalue weighted by atomic mass is 79.9. The first-order valence-corrected chi connectivity index (χ1v) is 11.0. The topological polar surface area (TPSA) is 75.7 Å². The minimum atomic E-state index is -0.328. The second-order valence-corrected chi connectivity index (χ2v) is 8.41. The molecule has 156 valence electrons. The summed E-state index contributed by atoms with van der Waals surface area (Å²) in [5, 5.41) is 2.45. The monoisotopic (exact) mass is 488 g/mol. The van der Waals surface area contributed by atoms with Crippen molar-refractivity contribution in [3.8, 4) is 5.75 Å². The van der Waals surface area contributed by atoms with Crippen molar-refractivity contribution in [2.45, 2.75) is 12.8 Å². The summed E-state index contributed by atoms with van der Waals surface area (Å²) in [4.78, 5) is 38.3. The lowest BCUT2D eigenvalue weighted by Gasteiger charge is -2.13. The average Bonchev–Trinajstić information content (AvgIpc) is 3.00. The van der Waals surface area contributed by atoms with Crippen LogP contribution in [0.3, 0.4) is 0 Å². The predicted octanol–water partition coefficient (Wildman–Crippen LogP) is 4.24. The van der Waals surface area contributed by atoms with E-state index in [-0.39, 0.29) is 30.1 Å². The van der Waals surface area contributed by atoms with Crippen LogP contribution < -0.4 is 10.1 Å². The van der Waals surface area contributed by atoms with Crippen LogP contribution in [0.15, 0.2) is 57.9 Å². The van der Waals surface area contributed by atoms with Gasteiger partial charge in [-0.25, -0.2) is 0 Å². The zero-order valence-corrected chi connectivity index (χ0v) is 18.8. The lowest BCUT2D eigenvalue weighted by molar-refractivity contribution is -0.124. The summed E-state index contributed by atoms with van der Waals surface area (Å²) < 4.78 is 6.03. The molecule has 3 rings (SSSR count). The number of hydrogen-bond donors (Lipinski definition) is 1. The molecule has 0 aromatic heterocycles. The molecule has 1 saturated heterocycles. The van der Waals surface area contributed by atoms with Gasteiger partial charge in [0, 0.05) is 19.5 Å². The molecule has 1 heterocycles. The number of carbonyl (C=O) groups excluding carboxylic acids is 3. The number of aryl methyl sites for hydroxylation is 1. The van der Waals surface area contributed by atoms with Gasteiger partial charge in [-0.3, -0.25) is 19.3 Å². The molecule has 0 bridgehead atoms. The average molecular weight is 489 g/mol. The van der Waals surface area contributed by atoms with Gasteiger partial charge in [-0.15, -0.1) is 0 Å². The highest BCUT2D eigenvalue weighted by Crippen LogP contribution is 2.31. The van der Waals surface area contributed by atoms with E-state index in [1.807, 2.05) is 48.5 Å². The van der Waals surface area contributed by atoms with Crippen LogP contribution in [0.2, 0.25) is 0 Å². The smallest absolute Gasteiger partial charge is 0.293 e. The maximum atomic E-state index is 12.5. The molecule has 2 aromatic carbocycles. The van der Waals surface area contributed by atoms with Gasteiger partial charge in [0.2, 0.25) is 5.91 Å². The molecular weight excluding hydrogens is 468 g/mol. The normalized spacial score (nSPS) is 15.0. The van der Waals surface area contributed by atoms with Crippen molar-refractivity contribution in [2.24, 2.45) is 0 Å². The molecule has 0 saturated carbocycles. The minimum absolute atomic E-state index is 0.131. The Kier molecular flexibility index (Phi) is 7.70. The number of carbonyl (C=O) groups is 3. The standard InChI is InChI=1S/C22H21BrN2O4S/c1-29-18-9-7-16(13-17(18)23)8-10-20(26)24-11-12-25-21(27)19(30-22(25)28)14-15-5-3-2-4-6-15/h2-7,9,13-14H,8,10-12H2,1H3,(H,24,26)/b19-14-. The SMILES string of the molecule is COc1ccc(CCC(=O)NCCN2C(=O)S/C(=C\c3ccccc3)C2=O)cc1Br. The Labute approximate surface area is 187 Å². The molecule has 8 heteroatoms. The zero-order valence-electron chi connectivity index (χ0n) is 16.4. The highest BCUT2D eigenvalue weighted by Gasteiger charge is 2.34. The molecule has 6 nitrogen and oxygen atoms in total. The van der Waals surface area contributed by atoms with E-state index >= 15 is 0 Å². The minimum Gasteiger partial charge on any atom is -0.496 e. The molecule has 3 amide bonds. The van der Waals surface area contributed by atoms with Crippen LogP contribution >= 0.6 is 27.7 Å². The van der Waals surface area contributed by atoms with Gasteiger partial charge in [-0.1, -0.05) is 36.4 Å². The predicted molar refractivity (Wildman–Crippen MR) is 121 cm³/mol. The maximum absolute atomic E-state index is 12.5. The third kappa shape index (κ3) is 5.73. The Morgan fingerprint density at radius 1 is 1.20 bits per heavy atom. The number of ether oxygens (including phenoxy) is 1. The van der Waals surface area contributed by atoms with Gasteiger partial charge < -0.3 is 10.1 Å². The number of methoxy groups -OCH3 is 1. The summed E-state index contributed by atoms with van der Waals surface area (Å²) in [5.41, 5.74) is 1.87. The third-order valence-electron chi connectivity index (χ3n) is 4.49. The van der Waals surface area contributed by atoms with Gasteiger partial charge in [-0.05, 0) is 63.4 Å². The lowest BCUT2D eigenvalue weighted by atomic mass is 10.1. The number of amides is 3. The Morgan fingerprint density at radius 2 is 1.97 bits per heavy atom. The van der Waals surface area contributed by atoms with Crippen LogP contribution in [0.5, 0.6) is 5.75 Å². The summed E-state index contributed by atoms with van der Waals surface area (Å²) in [6.07, 6.45) is 2.60. The number of hydrogen-bond acceptors (Lipinski definition) is 5. The van der Waals surface area contributed by atoms with Crippen LogP contribution in [-0.4, -0.2) is 42.2 Å². The number of rotatable bonds is 8. The van der Waals surface area contributed by atoms with E-state index in [9.17, 15) is 14.4 Å². The first-order chi connectivity index (χ1) is 14.5. The number of nitrogens with one attached hydrogen (secondary N) is 1. The summed E-state index contributed by atoms with van der Waals surface area (Å²) in [6.45, 7) is 0.373. The van der Waals surface area contributed by atoms with Gasteiger partial charge in [0.05, 0.1) is 16.5 Å². The van der Waals surface area contributed by atoms with Crippen molar-refractivity contribution in [2.75, 3.05) is 20.2 Å². The Hall–Kier alpha value is -2.58. The van der Waals surface area contributed by atoms with E-state index < -0.39 is 0 Å². The molecule has 1 aliphatic heterocycles. The molecule has 30 heavy (non-hydrogen) atoms. The maximum Gasteiger partial charge on any atom is 0.293 e. The summed E-state index contributed by atoms with van der Waals surface area (Å²) in [7, 11) is 1.60. The van der Waals surface area contributed by atoms with E-state index in [0.717, 1.165) is 33.1 Å². The van der Waals surface area contributed by atoms with Gasteiger partial charge in [0.1, 0.15) is 5.75 Å². The van der Waals surface area contributed by atoms with Crippen molar-refractivity contribution >= 4 is 50.8 Å². The first kappa shape index (κ1) is 22.1. The van der Waals surface area contributed by atoms with E-state index in [2.05, 4.69) is 21.2 Å². The number of halogens is 1. The largest absolute Gasteiger partial charge is 0.496 e.